The molecular formula is C11H13ClN2O. The van der Waals surface area contributed by atoms with E-state index in [1.807, 2.05) is 44.1 Å². The van der Waals surface area contributed by atoms with Crippen LogP contribution in [0.15, 0.2) is 22.6 Å². The molecule has 1 aromatic heterocycles. The number of hydrogen-bond acceptors (Lipinski definition) is 3. The number of nitrogens with zero attached hydrogens (tertiary/aromatic N) is 2. The Morgan fingerprint density at radius 2 is 2.13 bits per heavy atom. The maximum atomic E-state index is 6.22. The predicted octanol–water partition coefficient (Wildman–Crippen LogP) is 2.94. The number of aromatic nitrogens is 1. The topological polar surface area (TPSA) is 29.3 Å². The highest BCUT2D eigenvalue weighted by atomic mass is 35.5. The van der Waals surface area contributed by atoms with Crippen LogP contribution in [-0.2, 0) is 0 Å². The van der Waals surface area contributed by atoms with Gasteiger partial charge in [-0.05, 0) is 31.8 Å². The minimum Gasteiger partial charge on any atom is -0.441 e. The monoisotopic (exact) mass is 224 g/mol. The van der Waals surface area contributed by atoms with Crippen molar-refractivity contribution < 1.29 is 4.42 Å². The Bertz CT molecular complexity index is 478. The molecule has 0 saturated carbocycles. The summed E-state index contributed by atoms with van der Waals surface area (Å²) in [6, 6.07) is 5.83. The Balaban J connectivity index is 2.46. The van der Waals surface area contributed by atoms with Gasteiger partial charge in [0.1, 0.15) is 11.0 Å². The van der Waals surface area contributed by atoms with Crippen molar-refractivity contribution in [3.8, 4) is 0 Å². The van der Waals surface area contributed by atoms with Gasteiger partial charge in [-0.3, -0.25) is 4.90 Å². The van der Waals surface area contributed by atoms with E-state index >= 15 is 0 Å². The average molecular weight is 225 g/mol. The Morgan fingerprint density at radius 1 is 1.40 bits per heavy atom. The molecule has 0 bridgehead atoms. The van der Waals surface area contributed by atoms with E-state index in [1.165, 1.54) is 0 Å². The lowest BCUT2D eigenvalue weighted by atomic mass is 10.2. The SMILES string of the molecule is Cc1nc2cc(C(Cl)N(C)C)ccc2o1. The Hall–Kier alpha value is -1.06. The molecule has 15 heavy (non-hydrogen) atoms. The number of fused-ring (bicyclic) bond motifs is 1. The molecule has 0 aliphatic carbocycles. The smallest absolute Gasteiger partial charge is 0.192 e. The fourth-order valence-electron chi connectivity index (χ4n) is 1.51. The number of benzene rings is 1. The first-order chi connectivity index (χ1) is 7.08. The summed E-state index contributed by atoms with van der Waals surface area (Å²) in [6.45, 7) is 1.84. The summed E-state index contributed by atoms with van der Waals surface area (Å²) in [7, 11) is 3.88. The van der Waals surface area contributed by atoms with E-state index in [-0.39, 0.29) is 5.50 Å². The zero-order valence-corrected chi connectivity index (χ0v) is 9.75. The van der Waals surface area contributed by atoms with Crippen LogP contribution in [0.3, 0.4) is 0 Å². The molecule has 0 aliphatic rings. The predicted molar refractivity (Wildman–Crippen MR) is 61.0 cm³/mol. The summed E-state index contributed by atoms with van der Waals surface area (Å²) in [5.74, 6) is 0.679. The van der Waals surface area contributed by atoms with E-state index in [0.29, 0.717) is 5.89 Å². The Kier molecular flexibility index (Phi) is 2.67. The fourth-order valence-corrected chi connectivity index (χ4v) is 1.64. The van der Waals surface area contributed by atoms with E-state index < -0.39 is 0 Å². The van der Waals surface area contributed by atoms with Crippen molar-refractivity contribution in [3.05, 3.63) is 29.7 Å². The maximum absolute atomic E-state index is 6.22. The van der Waals surface area contributed by atoms with Gasteiger partial charge < -0.3 is 4.42 Å². The minimum absolute atomic E-state index is 0.133. The zero-order chi connectivity index (χ0) is 11.0. The highest BCUT2D eigenvalue weighted by Crippen LogP contribution is 2.26. The summed E-state index contributed by atoms with van der Waals surface area (Å²) in [5.41, 5.74) is 2.56. The van der Waals surface area contributed by atoms with Crippen molar-refractivity contribution in [1.29, 1.82) is 0 Å². The number of hydrogen-bond donors (Lipinski definition) is 0. The molecule has 80 valence electrons. The Labute approximate surface area is 93.6 Å². The molecule has 1 atom stereocenters. The zero-order valence-electron chi connectivity index (χ0n) is 8.99. The van der Waals surface area contributed by atoms with Gasteiger partial charge in [-0.15, -0.1) is 11.6 Å². The molecule has 4 heteroatoms. The van der Waals surface area contributed by atoms with Crippen LogP contribution in [0.25, 0.3) is 11.1 Å². The number of halogens is 1. The number of oxazole rings is 1. The number of alkyl halides is 1. The first-order valence-corrected chi connectivity index (χ1v) is 5.19. The van der Waals surface area contributed by atoms with E-state index in [1.54, 1.807) is 0 Å². The standard InChI is InChI=1S/C11H13ClN2O/c1-7-13-9-6-8(11(12)14(2)3)4-5-10(9)15-7/h4-6,11H,1-3H3. The van der Waals surface area contributed by atoms with Gasteiger partial charge in [-0.1, -0.05) is 6.07 Å². The van der Waals surface area contributed by atoms with Gasteiger partial charge in [0.15, 0.2) is 11.5 Å². The van der Waals surface area contributed by atoms with Crippen LogP contribution < -0.4 is 0 Å². The molecule has 2 aromatic rings. The van der Waals surface area contributed by atoms with Crippen LogP contribution in [0.4, 0.5) is 0 Å². The summed E-state index contributed by atoms with van der Waals surface area (Å²) in [6.07, 6.45) is 0. The fraction of sp³-hybridized carbons (Fsp3) is 0.364. The van der Waals surface area contributed by atoms with Crippen molar-refractivity contribution in [2.75, 3.05) is 14.1 Å². The summed E-state index contributed by atoms with van der Waals surface area (Å²) in [4.78, 5) is 6.21. The first-order valence-electron chi connectivity index (χ1n) is 4.75. The van der Waals surface area contributed by atoms with Crippen molar-refractivity contribution in [2.45, 2.75) is 12.4 Å². The van der Waals surface area contributed by atoms with Crippen molar-refractivity contribution in [3.63, 3.8) is 0 Å². The van der Waals surface area contributed by atoms with Crippen molar-refractivity contribution >= 4 is 22.7 Å². The quantitative estimate of drug-likeness (QED) is 0.580. The Morgan fingerprint density at radius 3 is 2.80 bits per heavy atom. The van der Waals surface area contributed by atoms with Gasteiger partial charge in [0.25, 0.3) is 0 Å². The molecular weight excluding hydrogens is 212 g/mol. The molecule has 1 heterocycles. The molecule has 1 aromatic carbocycles. The lowest BCUT2D eigenvalue weighted by Gasteiger charge is -2.17. The van der Waals surface area contributed by atoms with Gasteiger partial charge in [0.2, 0.25) is 0 Å². The normalized spacial score (nSPS) is 13.7. The molecule has 1 unspecified atom stereocenters. The van der Waals surface area contributed by atoms with E-state index in [0.717, 1.165) is 16.7 Å². The van der Waals surface area contributed by atoms with Gasteiger partial charge in [-0.25, -0.2) is 4.98 Å². The lowest BCUT2D eigenvalue weighted by molar-refractivity contribution is 0.385. The van der Waals surface area contributed by atoms with Crippen LogP contribution in [0.1, 0.15) is 17.0 Å². The second kappa shape index (κ2) is 3.83. The third kappa shape index (κ3) is 1.98. The minimum atomic E-state index is -0.133. The van der Waals surface area contributed by atoms with Crippen LogP contribution in [0, 0.1) is 6.92 Å². The van der Waals surface area contributed by atoms with E-state index in [9.17, 15) is 0 Å². The molecule has 0 radical (unpaired) electrons. The van der Waals surface area contributed by atoms with Gasteiger partial charge in [0, 0.05) is 6.92 Å². The lowest BCUT2D eigenvalue weighted by Crippen LogP contribution is -2.14. The molecule has 0 fully saturated rings. The van der Waals surface area contributed by atoms with Gasteiger partial charge in [0.05, 0.1) is 0 Å². The highest BCUT2D eigenvalue weighted by molar-refractivity contribution is 6.20. The molecule has 2 rings (SSSR count). The highest BCUT2D eigenvalue weighted by Gasteiger charge is 2.12. The molecule has 0 saturated heterocycles. The average Bonchev–Trinajstić information content (AvgIpc) is 2.55. The number of aryl methyl sites for hydroxylation is 1. The molecule has 0 aliphatic heterocycles. The maximum Gasteiger partial charge on any atom is 0.192 e. The second-order valence-corrected chi connectivity index (χ2v) is 4.17. The van der Waals surface area contributed by atoms with Crippen molar-refractivity contribution in [1.82, 2.24) is 9.88 Å². The van der Waals surface area contributed by atoms with Crippen molar-refractivity contribution in [2.24, 2.45) is 0 Å². The summed E-state index contributed by atoms with van der Waals surface area (Å²) in [5, 5.41) is 0. The molecule has 0 spiro atoms. The van der Waals surface area contributed by atoms with Gasteiger partial charge >= 0.3 is 0 Å². The summed E-state index contributed by atoms with van der Waals surface area (Å²) >= 11 is 6.22. The summed E-state index contributed by atoms with van der Waals surface area (Å²) < 4.78 is 5.40. The largest absolute Gasteiger partial charge is 0.441 e. The van der Waals surface area contributed by atoms with Crippen LogP contribution in [-0.4, -0.2) is 24.0 Å². The molecule has 3 nitrogen and oxygen atoms in total. The van der Waals surface area contributed by atoms with Crippen LogP contribution in [0.2, 0.25) is 0 Å². The van der Waals surface area contributed by atoms with E-state index in [2.05, 4.69) is 4.98 Å². The molecule has 0 N–H and O–H groups in total. The number of rotatable bonds is 2. The first kappa shape index (κ1) is 10.5. The second-order valence-electron chi connectivity index (χ2n) is 3.76. The van der Waals surface area contributed by atoms with Crippen LogP contribution >= 0.6 is 11.6 Å². The third-order valence-electron chi connectivity index (χ3n) is 2.25. The van der Waals surface area contributed by atoms with E-state index in [4.69, 9.17) is 16.0 Å². The third-order valence-corrected chi connectivity index (χ3v) is 2.89. The van der Waals surface area contributed by atoms with Gasteiger partial charge in [-0.2, -0.15) is 0 Å². The molecule has 0 amide bonds. The van der Waals surface area contributed by atoms with Crippen LogP contribution in [0.5, 0.6) is 0 Å².